The van der Waals surface area contributed by atoms with Crippen LogP contribution in [0.3, 0.4) is 0 Å². The molecule has 0 aliphatic heterocycles. The second-order valence-electron chi connectivity index (χ2n) is 8.83. The number of benzene rings is 1. The quantitative estimate of drug-likeness (QED) is 0.390. The number of hydrogen-bond donors (Lipinski definition) is 2. The van der Waals surface area contributed by atoms with Crippen LogP contribution in [0.5, 0.6) is 5.75 Å². The van der Waals surface area contributed by atoms with Crippen LogP contribution in [-0.2, 0) is 6.18 Å². The number of carbonyl (C=O) groups excluding carboxylic acids is 1. The molecule has 8 nitrogen and oxygen atoms in total. The molecule has 1 aromatic heterocycles. The average Bonchev–Trinajstić information content (AvgIpc) is 3.63. The van der Waals surface area contributed by atoms with Gasteiger partial charge < -0.3 is 15.0 Å². The van der Waals surface area contributed by atoms with Crippen LogP contribution >= 0.6 is 0 Å². The first-order valence-corrected chi connectivity index (χ1v) is 11.5. The topological polar surface area (TPSA) is 104 Å². The van der Waals surface area contributed by atoms with Crippen molar-refractivity contribution in [3.8, 4) is 5.75 Å². The molecule has 2 fully saturated rings. The number of aromatic nitrogens is 2. The summed E-state index contributed by atoms with van der Waals surface area (Å²) in [5.41, 5.74) is -1.03. The Hall–Kier alpha value is -3.50. The molecule has 0 saturated heterocycles. The summed E-state index contributed by atoms with van der Waals surface area (Å²) in [7, 11) is 0. The van der Waals surface area contributed by atoms with Crippen molar-refractivity contribution >= 4 is 24.0 Å². The van der Waals surface area contributed by atoms with E-state index in [-0.39, 0.29) is 35.1 Å². The van der Waals surface area contributed by atoms with E-state index in [0.29, 0.717) is 6.54 Å². The van der Waals surface area contributed by atoms with Crippen molar-refractivity contribution in [1.82, 2.24) is 14.9 Å². The molecule has 2 aliphatic rings. The molecule has 0 radical (unpaired) electrons. The van der Waals surface area contributed by atoms with Gasteiger partial charge in [-0.2, -0.15) is 13.2 Å². The van der Waals surface area contributed by atoms with Crippen molar-refractivity contribution in [1.29, 1.82) is 5.41 Å². The lowest BCUT2D eigenvalue weighted by atomic mass is 9.96. The monoisotopic (exact) mass is 488 g/mol. The lowest BCUT2D eigenvalue weighted by Gasteiger charge is -2.31. The van der Waals surface area contributed by atoms with Gasteiger partial charge in [-0.25, -0.2) is 15.0 Å². The van der Waals surface area contributed by atoms with Crippen molar-refractivity contribution in [3.63, 3.8) is 0 Å². The molecular formula is C24H27F3N6O2. The molecule has 0 spiro atoms. The Bertz CT molecular complexity index is 1080. The van der Waals surface area contributed by atoms with E-state index in [1.165, 1.54) is 23.4 Å². The number of aliphatic imine (C=N–C) groups is 1. The van der Waals surface area contributed by atoms with Crippen LogP contribution in [0.2, 0.25) is 0 Å². The van der Waals surface area contributed by atoms with Crippen LogP contribution in [0.25, 0.3) is 0 Å². The Labute approximate surface area is 201 Å². The van der Waals surface area contributed by atoms with Crippen molar-refractivity contribution < 1.29 is 22.7 Å². The zero-order chi connectivity index (χ0) is 25.0. The maximum Gasteiger partial charge on any atom is 0.416 e. The van der Waals surface area contributed by atoms with E-state index < -0.39 is 23.7 Å². The zero-order valence-electron chi connectivity index (χ0n) is 19.3. The van der Waals surface area contributed by atoms with E-state index in [2.05, 4.69) is 20.3 Å². The van der Waals surface area contributed by atoms with E-state index in [1.807, 2.05) is 0 Å². The van der Waals surface area contributed by atoms with Crippen LogP contribution in [0.15, 0.2) is 41.7 Å². The fourth-order valence-corrected chi connectivity index (χ4v) is 3.74. The second kappa shape index (κ2) is 10.4. The van der Waals surface area contributed by atoms with E-state index in [4.69, 9.17) is 10.1 Å². The third-order valence-corrected chi connectivity index (χ3v) is 6.12. The molecule has 1 atom stereocenters. The van der Waals surface area contributed by atoms with Gasteiger partial charge in [0.2, 0.25) is 5.95 Å². The molecule has 1 amide bonds. The molecule has 1 aromatic carbocycles. The molecule has 1 unspecified atom stereocenters. The Morgan fingerprint density at radius 2 is 1.97 bits per heavy atom. The van der Waals surface area contributed by atoms with Crippen molar-refractivity contribution in [3.05, 3.63) is 47.8 Å². The van der Waals surface area contributed by atoms with Gasteiger partial charge in [-0.1, -0.05) is 0 Å². The number of nitrogens with zero attached hydrogens (tertiary/aromatic N) is 4. The normalized spacial score (nSPS) is 17.3. The Morgan fingerprint density at radius 3 is 2.54 bits per heavy atom. The highest BCUT2D eigenvalue weighted by Gasteiger charge is 2.36. The first-order chi connectivity index (χ1) is 16.7. The minimum atomic E-state index is -4.63. The van der Waals surface area contributed by atoms with E-state index in [0.717, 1.165) is 50.6 Å². The third kappa shape index (κ3) is 6.34. The highest BCUT2D eigenvalue weighted by atomic mass is 19.4. The largest absolute Gasteiger partial charge is 0.490 e. The standard InChI is InChI=1S/C24H27F3N6O2/c1-15(21(31-14-28)32-23-29-8-3-9-30-23)33(13-16-6-7-16)22(34)17-10-18(24(25,26)27)12-20(11-17)35-19-4-2-5-19/h3,8-12,14-16,19H,2,4-7,13H2,1H3,(H2,28,29,30,31,32). The highest BCUT2D eigenvalue weighted by Crippen LogP contribution is 2.36. The first-order valence-electron chi connectivity index (χ1n) is 11.5. The van der Waals surface area contributed by atoms with Crippen molar-refractivity contribution in [2.24, 2.45) is 10.9 Å². The van der Waals surface area contributed by atoms with Crippen molar-refractivity contribution in [2.75, 3.05) is 11.9 Å². The average molecular weight is 489 g/mol. The molecular weight excluding hydrogens is 461 g/mol. The molecule has 35 heavy (non-hydrogen) atoms. The van der Waals surface area contributed by atoms with Crippen molar-refractivity contribution in [2.45, 2.75) is 57.3 Å². The molecule has 11 heteroatoms. The number of ether oxygens (including phenoxy) is 1. The summed E-state index contributed by atoms with van der Waals surface area (Å²) in [5.74, 6) is 0.192. The van der Waals surface area contributed by atoms with Crippen LogP contribution in [0.1, 0.15) is 54.9 Å². The molecule has 2 N–H and O–H groups in total. The molecule has 4 rings (SSSR count). The van der Waals surface area contributed by atoms with Gasteiger partial charge in [0.25, 0.3) is 5.91 Å². The van der Waals surface area contributed by atoms with Crippen LogP contribution in [0.4, 0.5) is 19.1 Å². The van der Waals surface area contributed by atoms with Gasteiger partial charge in [-0.3, -0.25) is 10.2 Å². The van der Waals surface area contributed by atoms with E-state index in [9.17, 15) is 18.0 Å². The maximum absolute atomic E-state index is 13.6. The summed E-state index contributed by atoms with van der Waals surface area (Å²) in [5, 5.41) is 10.4. The molecule has 2 aromatic rings. The highest BCUT2D eigenvalue weighted by molar-refractivity contribution is 6.05. The number of hydrogen-bond acceptors (Lipinski definition) is 5. The van der Waals surface area contributed by atoms with Crippen LogP contribution < -0.4 is 10.1 Å². The molecule has 2 aliphatic carbocycles. The Balaban J connectivity index is 1.65. The number of halogens is 3. The van der Waals surface area contributed by atoms with Gasteiger partial charge in [-0.15, -0.1) is 0 Å². The Morgan fingerprint density at radius 1 is 1.26 bits per heavy atom. The van der Waals surface area contributed by atoms with Gasteiger partial charge in [-0.05, 0) is 69.2 Å². The van der Waals surface area contributed by atoms with Gasteiger partial charge in [0.05, 0.1) is 17.7 Å². The summed E-state index contributed by atoms with van der Waals surface area (Å²) < 4.78 is 46.7. The summed E-state index contributed by atoms with van der Waals surface area (Å²) in [6, 6.07) is 4.15. The van der Waals surface area contributed by atoms with Gasteiger partial charge in [0, 0.05) is 24.5 Å². The molecule has 1 heterocycles. The van der Waals surface area contributed by atoms with Gasteiger partial charge >= 0.3 is 6.18 Å². The second-order valence-corrected chi connectivity index (χ2v) is 8.83. The predicted molar refractivity (Wildman–Crippen MR) is 125 cm³/mol. The fraction of sp³-hybridized carbons (Fsp3) is 0.458. The molecule has 186 valence electrons. The van der Waals surface area contributed by atoms with Crippen LogP contribution in [0, 0.1) is 11.3 Å². The molecule has 0 bridgehead atoms. The fourth-order valence-electron chi connectivity index (χ4n) is 3.74. The minimum Gasteiger partial charge on any atom is -0.490 e. The maximum atomic E-state index is 13.6. The SMILES string of the molecule is CC(/C(=N/C=N)Nc1ncccn1)N(CC1CC1)C(=O)c1cc(OC2CCC2)cc(C(F)(F)F)c1. The number of amides is 1. The lowest BCUT2D eigenvalue weighted by molar-refractivity contribution is -0.137. The number of nitrogens with one attached hydrogen (secondary N) is 2. The van der Waals surface area contributed by atoms with E-state index in [1.54, 1.807) is 13.0 Å². The number of anilines is 1. The number of alkyl halides is 3. The summed E-state index contributed by atoms with van der Waals surface area (Å²) in [6.07, 6.45) is 3.52. The third-order valence-electron chi connectivity index (χ3n) is 6.12. The number of rotatable bonds is 9. The summed E-state index contributed by atoms with van der Waals surface area (Å²) in [4.78, 5) is 27.3. The smallest absolute Gasteiger partial charge is 0.416 e. The summed E-state index contributed by atoms with van der Waals surface area (Å²) in [6.45, 7) is 2.06. The van der Waals surface area contributed by atoms with E-state index >= 15 is 0 Å². The molecule has 2 saturated carbocycles. The first kappa shape index (κ1) is 24.6. The lowest BCUT2D eigenvalue weighted by Crippen LogP contribution is -2.47. The summed E-state index contributed by atoms with van der Waals surface area (Å²) >= 11 is 0. The number of carbonyl (C=O) groups is 1. The zero-order valence-corrected chi connectivity index (χ0v) is 19.3. The van der Waals surface area contributed by atoms with Gasteiger partial charge in [0.15, 0.2) is 0 Å². The minimum absolute atomic E-state index is 0.0380. The van der Waals surface area contributed by atoms with Gasteiger partial charge in [0.1, 0.15) is 17.9 Å². The Kier molecular flexibility index (Phi) is 7.32. The number of amidine groups is 1. The predicted octanol–water partition coefficient (Wildman–Crippen LogP) is 4.79. The van der Waals surface area contributed by atoms with Crippen LogP contribution in [-0.4, -0.2) is 51.6 Å².